The van der Waals surface area contributed by atoms with Crippen LogP contribution in [0.4, 0.5) is 0 Å². The van der Waals surface area contributed by atoms with Crippen LogP contribution in [-0.2, 0) is 0 Å². The number of nitrogens with two attached hydrogens (primary N) is 1. The fourth-order valence-corrected chi connectivity index (χ4v) is 1.51. The molecule has 2 aromatic carbocycles. The molecular formula is C13H15N. The van der Waals surface area contributed by atoms with Crippen LogP contribution in [0.3, 0.4) is 0 Å². The van der Waals surface area contributed by atoms with Crippen LogP contribution in [0, 0.1) is 0 Å². The van der Waals surface area contributed by atoms with Gasteiger partial charge in [-0.25, -0.2) is 0 Å². The molecule has 0 radical (unpaired) electrons. The SMILES string of the molecule is NC(c1ccccc1)c1ccccc1.[HH]. The van der Waals surface area contributed by atoms with Gasteiger partial charge in [-0.05, 0) is 11.1 Å². The van der Waals surface area contributed by atoms with E-state index < -0.39 is 0 Å². The molecule has 0 aliphatic rings. The molecule has 0 amide bonds. The van der Waals surface area contributed by atoms with Crippen LogP contribution in [0.5, 0.6) is 0 Å². The molecule has 1 nitrogen and oxygen atoms in total. The average Bonchev–Trinajstić information content (AvgIpc) is 2.30. The van der Waals surface area contributed by atoms with Crippen LogP contribution in [0.15, 0.2) is 60.7 Å². The van der Waals surface area contributed by atoms with Crippen LogP contribution in [0.2, 0.25) is 0 Å². The smallest absolute Gasteiger partial charge is 0.0551 e. The van der Waals surface area contributed by atoms with Gasteiger partial charge in [-0.15, -0.1) is 0 Å². The minimum absolute atomic E-state index is 0. The van der Waals surface area contributed by atoms with Crippen molar-refractivity contribution in [2.75, 3.05) is 0 Å². The van der Waals surface area contributed by atoms with Gasteiger partial charge in [0.25, 0.3) is 0 Å². The van der Waals surface area contributed by atoms with Crippen molar-refractivity contribution < 1.29 is 1.43 Å². The van der Waals surface area contributed by atoms with Gasteiger partial charge in [0.2, 0.25) is 0 Å². The molecule has 0 aliphatic carbocycles. The van der Waals surface area contributed by atoms with E-state index >= 15 is 0 Å². The van der Waals surface area contributed by atoms with E-state index in [1.54, 1.807) is 0 Å². The summed E-state index contributed by atoms with van der Waals surface area (Å²) >= 11 is 0. The van der Waals surface area contributed by atoms with Crippen molar-refractivity contribution in [3.63, 3.8) is 0 Å². The molecule has 2 rings (SSSR count). The van der Waals surface area contributed by atoms with Crippen molar-refractivity contribution in [3.8, 4) is 0 Å². The Labute approximate surface area is 85.7 Å². The standard InChI is InChI=1S/C13H13N.H2/c14-13(11-7-3-1-4-8-11)12-9-5-2-6-10-12;/h1-10,13H,14H2;1H. The van der Waals surface area contributed by atoms with Gasteiger partial charge in [0, 0.05) is 1.43 Å². The molecule has 0 saturated carbocycles. The maximum absolute atomic E-state index is 6.12. The lowest BCUT2D eigenvalue weighted by atomic mass is 10.00. The van der Waals surface area contributed by atoms with E-state index in [0.717, 1.165) is 11.1 Å². The Hall–Kier alpha value is -1.60. The zero-order valence-corrected chi connectivity index (χ0v) is 7.93. The minimum Gasteiger partial charge on any atom is -0.320 e. The summed E-state index contributed by atoms with van der Waals surface area (Å²) in [5.74, 6) is 0. The van der Waals surface area contributed by atoms with Crippen molar-refractivity contribution in [3.05, 3.63) is 71.8 Å². The summed E-state index contributed by atoms with van der Waals surface area (Å²) in [6.07, 6.45) is 0. The monoisotopic (exact) mass is 185 g/mol. The van der Waals surface area contributed by atoms with Gasteiger partial charge < -0.3 is 5.73 Å². The molecule has 72 valence electrons. The average molecular weight is 185 g/mol. The largest absolute Gasteiger partial charge is 0.320 e. The number of benzene rings is 2. The normalized spacial score (nSPS) is 10.4. The van der Waals surface area contributed by atoms with Gasteiger partial charge in [0.15, 0.2) is 0 Å². The molecule has 0 aromatic heterocycles. The van der Waals surface area contributed by atoms with E-state index in [4.69, 9.17) is 5.73 Å². The van der Waals surface area contributed by atoms with Crippen molar-refractivity contribution in [1.82, 2.24) is 0 Å². The van der Waals surface area contributed by atoms with Crippen LogP contribution >= 0.6 is 0 Å². The molecule has 0 heterocycles. The fraction of sp³-hybridized carbons (Fsp3) is 0.0769. The Morgan fingerprint density at radius 1 is 0.714 bits per heavy atom. The summed E-state index contributed by atoms with van der Waals surface area (Å²) in [6.45, 7) is 0. The zero-order valence-electron chi connectivity index (χ0n) is 7.93. The summed E-state index contributed by atoms with van der Waals surface area (Å²) in [5.41, 5.74) is 8.42. The van der Waals surface area contributed by atoms with Gasteiger partial charge in [-0.2, -0.15) is 0 Å². The molecule has 2 N–H and O–H groups in total. The van der Waals surface area contributed by atoms with Crippen LogP contribution < -0.4 is 5.73 Å². The number of hydrogen-bond donors (Lipinski definition) is 1. The highest BCUT2D eigenvalue weighted by Gasteiger charge is 2.06. The van der Waals surface area contributed by atoms with E-state index in [9.17, 15) is 0 Å². The summed E-state index contributed by atoms with van der Waals surface area (Å²) in [7, 11) is 0. The van der Waals surface area contributed by atoms with E-state index in [1.165, 1.54) is 0 Å². The quantitative estimate of drug-likeness (QED) is 0.764. The summed E-state index contributed by atoms with van der Waals surface area (Å²) in [5, 5.41) is 0. The highest BCUT2D eigenvalue weighted by Crippen LogP contribution is 2.18. The van der Waals surface area contributed by atoms with Crippen molar-refractivity contribution in [2.24, 2.45) is 5.73 Å². The predicted octanol–water partition coefficient (Wildman–Crippen LogP) is 2.98. The van der Waals surface area contributed by atoms with Crippen molar-refractivity contribution in [2.45, 2.75) is 6.04 Å². The first-order valence-corrected chi connectivity index (χ1v) is 4.73. The Balaban J connectivity index is 0.00000112. The topological polar surface area (TPSA) is 26.0 Å². The molecule has 0 atom stereocenters. The molecule has 14 heavy (non-hydrogen) atoms. The molecule has 0 spiro atoms. The molecule has 1 heteroatoms. The van der Waals surface area contributed by atoms with E-state index in [0.29, 0.717) is 0 Å². The third kappa shape index (κ3) is 1.83. The zero-order chi connectivity index (χ0) is 9.80. The summed E-state index contributed by atoms with van der Waals surface area (Å²) in [4.78, 5) is 0. The van der Waals surface area contributed by atoms with Crippen molar-refractivity contribution in [1.29, 1.82) is 0 Å². The molecule has 0 bridgehead atoms. The van der Waals surface area contributed by atoms with Gasteiger partial charge in [-0.3, -0.25) is 0 Å². The number of rotatable bonds is 2. The minimum atomic E-state index is -0.0163. The number of hydrogen-bond acceptors (Lipinski definition) is 1. The molecule has 2 aromatic rings. The maximum Gasteiger partial charge on any atom is 0.0551 e. The Bertz CT molecular complexity index is 346. The lowest BCUT2D eigenvalue weighted by Gasteiger charge is -2.11. The highest BCUT2D eigenvalue weighted by molar-refractivity contribution is 5.30. The van der Waals surface area contributed by atoms with Crippen molar-refractivity contribution >= 4 is 0 Å². The fourth-order valence-electron chi connectivity index (χ4n) is 1.51. The van der Waals surface area contributed by atoms with Crippen LogP contribution in [0.25, 0.3) is 0 Å². The Morgan fingerprint density at radius 2 is 1.07 bits per heavy atom. The molecule has 0 saturated heterocycles. The van der Waals surface area contributed by atoms with Gasteiger partial charge >= 0.3 is 0 Å². The summed E-state index contributed by atoms with van der Waals surface area (Å²) in [6, 6.07) is 20.2. The van der Waals surface area contributed by atoms with Gasteiger partial charge in [-0.1, -0.05) is 60.7 Å². The van der Waals surface area contributed by atoms with Crippen LogP contribution in [0.1, 0.15) is 18.6 Å². The predicted molar refractivity (Wildman–Crippen MR) is 61.0 cm³/mol. The maximum atomic E-state index is 6.12. The van der Waals surface area contributed by atoms with E-state index in [2.05, 4.69) is 24.3 Å². The molecule has 0 aliphatic heterocycles. The third-order valence-electron chi connectivity index (χ3n) is 2.32. The van der Waals surface area contributed by atoms with Crippen LogP contribution in [-0.4, -0.2) is 0 Å². The van der Waals surface area contributed by atoms with E-state index in [1.807, 2.05) is 36.4 Å². The highest BCUT2D eigenvalue weighted by atomic mass is 14.6. The first-order valence-electron chi connectivity index (χ1n) is 4.73. The lowest BCUT2D eigenvalue weighted by molar-refractivity contribution is 0.871. The second kappa shape index (κ2) is 4.07. The second-order valence-electron chi connectivity index (χ2n) is 3.30. The molecule has 0 unspecified atom stereocenters. The molecule has 0 fully saturated rings. The third-order valence-corrected chi connectivity index (χ3v) is 2.32. The van der Waals surface area contributed by atoms with Gasteiger partial charge in [0.1, 0.15) is 0 Å². The first-order chi connectivity index (χ1) is 6.88. The second-order valence-corrected chi connectivity index (χ2v) is 3.30. The Morgan fingerprint density at radius 3 is 1.43 bits per heavy atom. The lowest BCUT2D eigenvalue weighted by Crippen LogP contribution is -2.11. The summed E-state index contributed by atoms with van der Waals surface area (Å²) < 4.78 is 0. The Kier molecular flexibility index (Phi) is 2.61. The van der Waals surface area contributed by atoms with E-state index in [-0.39, 0.29) is 7.47 Å². The van der Waals surface area contributed by atoms with Gasteiger partial charge in [0.05, 0.1) is 6.04 Å². The molecular weight excluding hydrogens is 170 g/mol. The first kappa shape index (κ1) is 8.97.